The van der Waals surface area contributed by atoms with Gasteiger partial charge in [0, 0.05) is 0 Å². The molecule has 1 aliphatic carbocycles. The van der Waals surface area contributed by atoms with E-state index in [1.807, 2.05) is 0 Å². The summed E-state index contributed by atoms with van der Waals surface area (Å²) in [6.45, 7) is 0.974. The molecule has 23 heavy (non-hydrogen) atoms. The van der Waals surface area contributed by atoms with E-state index in [0.717, 1.165) is 13.0 Å². The molecule has 0 radical (unpaired) electrons. The van der Waals surface area contributed by atoms with Crippen molar-refractivity contribution in [1.82, 2.24) is 3.80 Å². The van der Waals surface area contributed by atoms with E-state index in [0.29, 0.717) is 0 Å². The van der Waals surface area contributed by atoms with Crippen molar-refractivity contribution in [1.29, 1.82) is 0 Å². The zero-order chi connectivity index (χ0) is 14.9. The van der Waals surface area contributed by atoms with Crippen molar-refractivity contribution in [2.24, 2.45) is 0 Å². The third kappa shape index (κ3) is 4.82. The van der Waals surface area contributed by atoms with Crippen LogP contribution in [-0.4, -0.2) is 7.63 Å². The van der Waals surface area contributed by atoms with Gasteiger partial charge in [0.05, 0.1) is 0 Å². The Labute approximate surface area is 154 Å². The summed E-state index contributed by atoms with van der Waals surface area (Å²) in [6, 6.07) is 19.5. The van der Waals surface area contributed by atoms with E-state index in [1.54, 1.807) is 3.88 Å². The SMILES string of the molecule is Cl.Cl.[CH3][Ti]([CH3])(=[SiH2])([NH]Cc1ccccc1)[C]1=Cc2ccccc2C1. The van der Waals surface area contributed by atoms with Crippen LogP contribution in [0.1, 0.15) is 16.7 Å². The molecule has 0 bridgehead atoms. The predicted octanol–water partition coefficient (Wildman–Crippen LogP) is 4.47. The molecule has 0 fully saturated rings. The van der Waals surface area contributed by atoms with Crippen molar-refractivity contribution in [3.8, 4) is 0 Å². The second kappa shape index (κ2) is 7.69. The molecule has 3 rings (SSSR count). The number of fused-ring (bicyclic) bond motifs is 1. The van der Waals surface area contributed by atoms with Crippen molar-refractivity contribution >= 4 is 38.5 Å². The number of hydrogen-bond donors (Lipinski definition) is 1. The number of allylic oxidation sites excluding steroid dienone is 1. The number of benzene rings is 2. The fourth-order valence-electron chi connectivity index (χ4n) is 2.89. The van der Waals surface area contributed by atoms with Gasteiger partial charge < -0.3 is 0 Å². The van der Waals surface area contributed by atoms with Crippen LogP contribution in [0, 0.1) is 0 Å². The average Bonchev–Trinajstić information content (AvgIpc) is 2.92. The fourth-order valence-corrected chi connectivity index (χ4v) is 8.05. The minimum absolute atomic E-state index is 0. The van der Waals surface area contributed by atoms with Gasteiger partial charge in [0.1, 0.15) is 0 Å². The van der Waals surface area contributed by atoms with Crippen LogP contribution in [0.25, 0.3) is 6.08 Å². The van der Waals surface area contributed by atoms with Crippen molar-refractivity contribution in [2.45, 2.75) is 23.4 Å². The second-order valence-electron chi connectivity index (χ2n) is 7.07. The standard InChI is InChI=1S/C9H7.C7H8N.2CH3.2ClH.H2Si.Ti/c1-2-5-9-7-3-6-8(9)4-1;8-6-7-4-2-1-3-5-7;;;;;;/h1-2,4-6H,7H2;1-5,8H,6H2;2*1H3;2*1H;1H2;/q;-1;;;;;;+1. The quantitative estimate of drug-likeness (QED) is 0.745. The Morgan fingerprint density at radius 2 is 1.57 bits per heavy atom. The van der Waals surface area contributed by atoms with Crippen molar-refractivity contribution in [3.63, 3.8) is 0 Å². The number of rotatable bonds is 4. The van der Waals surface area contributed by atoms with E-state index in [9.17, 15) is 0 Å². The Hall–Kier alpha value is -0.349. The average molecular weight is 402 g/mol. The number of halogens is 2. The van der Waals surface area contributed by atoms with Crippen LogP contribution in [0.15, 0.2) is 58.5 Å². The van der Waals surface area contributed by atoms with Crippen LogP contribution in [0.4, 0.5) is 0 Å². The van der Waals surface area contributed by atoms with Crippen molar-refractivity contribution in [3.05, 3.63) is 75.2 Å². The van der Waals surface area contributed by atoms with E-state index >= 15 is 0 Å². The first-order valence-electron chi connectivity index (χ1n) is 7.58. The van der Waals surface area contributed by atoms with Gasteiger partial charge in [0.15, 0.2) is 0 Å². The predicted molar refractivity (Wildman–Crippen MR) is 106 cm³/mol. The van der Waals surface area contributed by atoms with Gasteiger partial charge in [-0.1, -0.05) is 0 Å². The molecule has 0 aromatic heterocycles. The summed E-state index contributed by atoms with van der Waals surface area (Å²) in [5.41, 5.74) is 4.28. The molecule has 0 unspecified atom stereocenters. The molecular weight excluding hydrogens is 377 g/mol. The van der Waals surface area contributed by atoms with Crippen LogP contribution >= 0.6 is 24.8 Å². The third-order valence-electron chi connectivity index (χ3n) is 4.50. The van der Waals surface area contributed by atoms with E-state index in [2.05, 4.69) is 82.6 Å². The second-order valence-corrected chi connectivity index (χ2v) is 25.8. The van der Waals surface area contributed by atoms with E-state index in [4.69, 9.17) is 0 Å². The Kier molecular flexibility index (Phi) is 6.92. The van der Waals surface area contributed by atoms with Gasteiger partial charge in [-0.15, -0.1) is 24.8 Å². The van der Waals surface area contributed by atoms with Gasteiger partial charge in [-0.25, -0.2) is 0 Å². The first-order chi connectivity index (χ1) is 9.92. The molecule has 124 valence electrons. The molecular formula is C18H25Cl2NSiTi. The minimum atomic E-state index is -2.74. The Bertz CT molecular complexity index is 766. The number of nitrogens with one attached hydrogen (secondary N) is 1. The van der Waals surface area contributed by atoms with Crippen molar-refractivity contribution < 1.29 is 14.3 Å². The molecule has 0 spiro atoms. The molecule has 1 N–H and O–H groups in total. The third-order valence-corrected chi connectivity index (χ3v) is 13.2. The van der Waals surface area contributed by atoms with Crippen LogP contribution < -0.4 is 3.80 Å². The molecule has 0 saturated carbocycles. The summed E-state index contributed by atoms with van der Waals surface area (Å²) < 4.78 is 5.62. The van der Waals surface area contributed by atoms with E-state index in [-0.39, 0.29) is 24.8 Å². The fraction of sp³-hybridized carbons (Fsp3) is 0.222. The summed E-state index contributed by atoms with van der Waals surface area (Å²) in [5, 5.41) is 4.99. The maximum absolute atomic E-state index is 3.96. The van der Waals surface area contributed by atoms with Crippen LogP contribution in [0.2, 0.25) is 10.5 Å². The first kappa shape index (κ1) is 20.7. The molecule has 0 aliphatic heterocycles. The monoisotopic (exact) mass is 401 g/mol. The van der Waals surface area contributed by atoms with Gasteiger partial charge >= 0.3 is 130 Å². The summed E-state index contributed by atoms with van der Waals surface area (Å²) in [5.74, 6) is 0. The molecule has 0 heterocycles. The molecule has 1 aliphatic rings. The summed E-state index contributed by atoms with van der Waals surface area (Å²) in [4.78, 5) is 0. The van der Waals surface area contributed by atoms with Crippen LogP contribution in [-0.2, 0) is 27.3 Å². The van der Waals surface area contributed by atoms with E-state index in [1.165, 1.54) is 16.7 Å². The summed E-state index contributed by atoms with van der Waals surface area (Å²) in [7, 11) is 2.24. The molecule has 0 saturated heterocycles. The first-order valence-corrected chi connectivity index (χ1v) is 16.3. The molecule has 1 nitrogen and oxygen atoms in total. The molecule has 0 amide bonds. The van der Waals surface area contributed by atoms with Crippen LogP contribution in [0.5, 0.6) is 0 Å². The number of hydrogen-bond acceptors (Lipinski definition) is 1. The van der Waals surface area contributed by atoms with Gasteiger partial charge in [-0.3, -0.25) is 0 Å². The normalized spacial score (nSPS) is 13.4. The topological polar surface area (TPSA) is 12.0 Å². The summed E-state index contributed by atoms with van der Waals surface area (Å²) in [6.07, 6.45) is 3.57. The zero-order valence-corrected chi connectivity index (χ0v) is 18.3. The van der Waals surface area contributed by atoms with Gasteiger partial charge in [0.25, 0.3) is 0 Å². The van der Waals surface area contributed by atoms with Gasteiger partial charge in [-0.2, -0.15) is 0 Å². The summed E-state index contributed by atoms with van der Waals surface area (Å²) >= 11 is -2.74. The zero-order valence-electron chi connectivity index (χ0n) is 13.7. The maximum atomic E-state index is 3.96. The molecule has 5 heteroatoms. The Morgan fingerprint density at radius 3 is 2.22 bits per heavy atom. The van der Waals surface area contributed by atoms with E-state index < -0.39 is 14.3 Å². The van der Waals surface area contributed by atoms with Crippen molar-refractivity contribution in [2.75, 3.05) is 0 Å². The molecule has 2 aromatic rings. The van der Waals surface area contributed by atoms with Gasteiger partial charge in [-0.05, 0) is 0 Å². The molecule has 0 atom stereocenters. The molecule has 2 aromatic carbocycles. The Morgan fingerprint density at radius 1 is 0.957 bits per heavy atom. The Balaban J connectivity index is 0.00000132. The van der Waals surface area contributed by atoms with Gasteiger partial charge in [0.2, 0.25) is 0 Å². The van der Waals surface area contributed by atoms with Crippen LogP contribution in [0.3, 0.4) is 0 Å².